The number of amides is 1. The van der Waals surface area contributed by atoms with E-state index in [1.165, 1.54) is 11.8 Å². The van der Waals surface area contributed by atoms with Gasteiger partial charge in [-0.3, -0.25) is 9.36 Å². The topological polar surface area (TPSA) is 106 Å². The zero-order valence-corrected chi connectivity index (χ0v) is 18.9. The third-order valence-corrected chi connectivity index (χ3v) is 5.98. The molecule has 8 nitrogen and oxygen atoms in total. The number of para-hydroxylation sites is 1. The van der Waals surface area contributed by atoms with E-state index in [0.717, 1.165) is 11.3 Å². The lowest BCUT2D eigenvalue weighted by Gasteiger charge is -2.14. The Morgan fingerprint density at radius 1 is 1.21 bits per heavy atom. The molecule has 166 valence electrons. The first-order chi connectivity index (χ1) is 16.1. The van der Waals surface area contributed by atoms with Gasteiger partial charge in [0.05, 0.1) is 36.4 Å². The molecule has 2 heterocycles. The van der Waals surface area contributed by atoms with E-state index >= 15 is 0 Å². The number of furan rings is 1. The van der Waals surface area contributed by atoms with E-state index < -0.39 is 5.25 Å². The molecule has 2 aromatic carbocycles. The summed E-state index contributed by atoms with van der Waals surface area (Å²) in [6.07, 6.45) is 1.61. The van der Waals surface area contributed by atoms with Crippen molar-refractivity contribution in [3.05, 3.63) is 78.3 Å². The molecular formula is C24H21N5O3S. The van der Waals surface area contributed by atoms with Gasteiger partial charge in [-0.15, -0.1) is 10.2 Å². The number of carbonyl (C=O) groups excluding carboxylic acids is 1. The van der Waals surface area contributed by atoms with Crippen LogP contribution in [0, 0.1) is 11.3 Å². The molecule has 1 amide bonds. The van der Waals surface area contributed by atoms with Crippen LogP contribution in [0.2, 0.25) is 0 Å². The predicted molar refractivity (Wildman–Crippen MR) is 125 cm³/mol. The second-order valence-corrected chi connectivity index (χ2v) is 8.42. The molecule has 4 aromatic rings. The van der Waals surface area contributed by atoms with Crippen LogP contribution in [0.1, 0.15) is 18.2 Å². The molecule has 2 aromatic heterocycles. The summed E-state index contributed by atoms with van der Waals surface area (Å²) in [7, 11) is 1.61. The van der Waals surface area contributed by atoms with E-state index in [-0.39, 0.29) is 5.91 Å². The second-order valence-electron chi connectivity index (χ2n) is 7.11. The van der Waals surface area contributed by atoms with Crippen LogP contribution in [0.5, 0.6) is 5.75 Å². The summed E-state index contributed by atoms with van der Waals surface area (Å²) in [6.45, 7) is 2.19. The number of nitriles is 1. The number of thioether (sulfide) groups is 1. The molecule has 0 bridgehead atoms. The number of anilines is 1. The summed E-state index contributed by atoms with van der Waals surface area (Å²) in [4.78, 5) is 12.8. The third kappa shape index (κ3) is 5.07. The lowest BCUT2D eigenvalue weighted by molar-refractivity contribution is -0.115. The third-order valence-electron chi connectivity index (χ3n) is 4.90. The number of nitrogens with zero attached hydrogens (tertiary/aromatic N) is 4. The molecule has 0 aliphatic carbocycles. The number of carbonyl (C=O) groups is 1. The van der Waals surface area contributed by atoms with Crippen molar-refractivity contribution in [2.45, 2.75) is 23.9 Å². The smallest absolute Gasteiger partial charge is 0.237 e. The molecule has 1 N–H and O–H groups in total. The highest BCUT2D eigenvalue weighted by Gasteiger charge is 2.22. The maximum Gasteiger partial charge on any atom is 0.237 e. The van der Waals surface area contributed by atoms with Crippen LogP contribution in [0.3, 0.4) is 0 Å². The molecular weight excluding hydrogens is 438 g/mol. The van der Waals surface area contributed by atoms with Crippen LogP contribution >= 0.6 is 11.8 Å². The zero-order chi connectivity index (χ0) is 23.2. The quantitative estimate of drug-likeness (QED) is 0.384. The molecule has 0 aliphatic rings. The number of methoxy groups -OCH3 is 1. The van der Waals surface area contributed by atoms with E-state index in [0.29, 0.717) is 34.5 Å². The minimum absolute atomic E-state index is 0.238. The first-order valence-electron chi connectivity index (χ1n) is 10.2. The predicted octanol–water partition coefficient (Wildman–Crippen LogP) is 4.59. The highest BCUT2D eigenvalue weighted by Crippen LogP contribution is 2.30. The highest BCUT2D eigenvalue weighted by molar-refractivity contribution is 8.00. The summed E-state index contributed by atoms with van der Waals surface area (Å²) >= 11 is 1.28. The van der Waals surface area contributed by atoms with E-state index in [1.807, 2.05) is 41.0 Å². The van der Waals surface area contributed by atoms with Crippen molar-refractivity contribution in [1.29, 1.82) is 5.26 Å². The van der Waals surface area contributed by atoms with Crippen molar-refractivity contribution in [1.82, 2.24) is 14.8 Å². The van der Waals surface area contributed by atoms with Crippen LogP contribution in [0.15, 0.2) is 76.5 Å². The monoisotopic (exact) mass is 459 g/mol. The molecule has 0 aliphatic heterocycles. The van der Waals surface area contributed by atoms with Crippen molar-refractivity contribution >= 4 is 23.4 Å². The highest BCUT2D eigenvalue weighted by atomic mass is 32.2. The van der Waals surface area contributed by atoms with Crippen LogP contribution in [-0.4, -0.2) is 33.0 Å². The Bertz CT molecular complexity index is 1290. The Kier molecular flexibility index (Phi) is 6.76. The van der Waals surface area contributed by atoms with Crippen LogP contribution in [0.4, 0.5) is 5.69 Å². The van der Waals surface area contributed by atoms with Gasteiger partial charge in [0.2, 0.25) is 5.91 Å². The number of nitrogens with one attached hydrogen (secondary N) is 1. The molecule has 33 heavy (non-hydrogen) atoms. The van der Waals surface area contributed by atoms with Crippen molar-refractivity contribution in [3.63, 3.8) is 0 Å². The Morgan fingerprint density at radius 2 is 2.06 bits per heavy atom. The molecule has 1 atom stereocenters. The van der Waals surface area contributed by atoms with Gasteiger partial charge in [-0.25, -0.2) is 0 Å². The van der Waals surface area contributed by atoms with Gasteiger partial charge in [0.1, 0.15) is 17.6 Å². The summed E-state index contributed by atoms with van der Waals surface area (Å²) in [6, 6.07) is 20.2. The first-order valence-corrected chi connectivity index (χ1v) is 11.0. The molecule has 0 spiro atoms. The summed E-state index contributed by atoms with van der Waals surface area (Å²) < 4.78 is 12.8. The zero-order valence-electron chi connectivity index (χ0n) is 18.1. The van der Waals surface area contributed by atoms with Gasteiger partial charge >= 0.3 is 0 Å². The molecule has 0 saturated carbocycles. The molecule has 1 unspecified atom stereocenters. The lowest BCUT2D eigenvalue weighted by atomic mass is 10.2. The van der Waals surface area contributed by atoms with Gasteiger partial charge in [-0.05, 0) is 43.3 Å². The maximum absolute atomic E-state index is 12.8. The largest absolute Gasteiger partial charge is 0.497 e. The fourth-order valence-corrected chi connectivity index (χ4v) is 4.04. The van der Waals surface area contributed by atoms with Crippen molar-refractivity contribution < 1.29 is 13.9 Å². The van der Waals surface area contributed by atoms with Crippen LogP contribution in [0.25, 0.3) is 11.4 Å². The van der Waals surface area contributed by atoms with E-state index in [2.05, 4.69) is 21.6 Å². The lowest BCUT2D eigenvalue weighted by Crippen LogP contribution is -2.23. The minimum atomic E-state index is -0.491. The van der Waals surface area contributed by atoms with Crippen LogP contribution < -0.4 is 10.1 Å². The van der Waals surface area contributed by atoms with Crippen molar-refractivity contribution in [3.8, 4) is 23.2 Å². The Labute approximate surface area is 195 Å². The molecule has 0 fully saturated rings. The standard InChI is InChI=1S/C24H21N5O3S/c1-16(23(30)26-21-11-4-3-7-18(21)14-25)33-24-28-27-22(17-8-5-9-19(13-17)31-2)29(24)15-20-10-6-12-32-20/h3-13,16H,15H2,1-2H3,(H,26,30). The Balaban J connectivity index is 1.60. The van der Waals surface area contributed by atoms with E-state index in [4.69, 9.17) is 9.15 Å². The number of benzene rings is 2. The number of aromatic nitrogens is 3. The maximum atomic E-state index is 12.8. The normalized spacial score (nSPS) is 11.5. The number of hydrogen-bond donors (Lipinski definition) is 1. The van der Waals surface area contributed by atoms with E-state index in [1.54, 1.807) is 44.6 Å². The fourth-order valence-electron chi connectivity index (χ4n) is 3.19. The van der Waals surface area contributed by atoms with Gasteiger partial charge < -0.3 is 14.5 Å². The molecule has 0 radical (unpaired) electrons. The molecule has 4 rings (SSSR count). The molecule has 0 saturated heterocycles. The summed E-state index contributed by atoms with van der Waals surface area (Å²) in [5, 5.41) is 20.9. The van der Waals surface area contributed by atoms with Gasteiger partial charge in [-0.2, -0.15) is 5.26 Å². The van der Waals surface area contributed by atoms with Gasteiger partial charge in [0.15, 0.2) is 11.0 Å². The summed E-state index contributed by atoms with van der Waals surface area (Å²) in [5.41, 5.74) is 1.72. The SMILES string of the molecule is COc1cccc(-c2nnc(SC(C)C(=O)Nc3ccccc3C#N)n2Cc2ccco2)c1. The minimum Gasteiger partial charge on any atom is -0.497 e. The van der Waals surface area contributed by atoms with Gasteiger partial charge in [-0.1, -0.05) is 36.0 Å². The summed E-state index contributed by atoms with van der Waals surface area (Å²) in [5.74, 6) is 1.84. The van der Waals surface area contributed by atoms with E-state index in [9.17, 15) is 10.1 Å². The number of hydrogen-bond acceptors (Lipinski definition) is 7. The average molecular weight is 460 g/mol. The Hall–Kier alpha value is -4.03. The van der Waals surface area contributed by atoms with Crippen LogP contribution in [-0.2, 0) is 11.3 Å². The van der Waals surface area contributed by atoms with Gasteiger partial charge in [0.25, 0.3) is 0 Å². The molecule has 9 heteroatoms. The number of ether oxygens (including phenoxy) is 1. The second kappa shape index (κ2) is 10.1. The fraction of sp³-hybridized carbons (Fsp3) is 0.167. The van der Waals surface area contributed by atoms with Crippen molar-refractivity contribution in [2.75, 3.05) is 12.4 Å². The number of rotatable bonds is 8. The van der Waals surface area contributed by atoms with Crippen molar-refractivity contribution in [2.24, 2.45) is 0 Å². The Morgan fingerprint density at radius 3 is 2.82 bits per heavy atom. The van der Waals surface area contributed by atoms with Gasteiger partial charge in [0, 0.05) is 5.56 Å². The average Bonchev–Trinajstić information content (AvgIpc) is 3.50. The first kappa shape index (κ1) is 22.2.